The van der Waals surface area contributed by atoms with Gasteiger partial charge in [0.05, 0.1) is 5.69 Å². The second-order valence-electron chi connectivity index (χ2n) is 6.73. The van der Waals surface area contributed by atoms with Gasteiger partial charge in [0.2, 0.25) is 0 Å². The second-order valence-corrected chi connectivity index (χ2v) is 6.73. The summed E-state index contributed by atoms with van der Waals surface area (Å²) in [5, 5.41) is 13.3. The first-order chi connectivity index (χ1) is 11.6. The summed E-state index contributed by atoms with van der Waals surface area (Å²) >= 11 is 0. The number of halogens is 3. The average Bonchev–Trinajstić information content (AvgIpc) is 2.43. The second kappa shape index (κ2) is 7.55. The lowest BCUT2D eigenvalue weighted by Gasteiger charge is -2.30. The molecule has 0 unspecified atom stereocenters. The Morgan fingerprint density at radius 3 is 2.44 bits per heavy atom. The number of rotatable bonds is 7. The molecule has 1 aliphatic rings. The molecule has 0 aromatic carbocycles. The minimum Gasteiger partial charge on any atom is -0.480 e. The lowest BCUT2D eigenvalue weighted by Crippen LogP contribution is -2.40. The highest BCUT2D eigenvalue weighted by Gasteiger charge is 2.37. The van der Waals surface area contributed by atoms with E-state index < -0.39 is 29.3 Å². The Labute approximate surface area is 143 Å². The van der Waals surface area contributed by atoms with Gasteiger partial charge in [-0.25, -0.2) is 9.48 Å². The standard InChI is InChI=1S/C16H22F3N3O3/c1-10(2)8-13(15(24)25)22-14(23)12(16(17,18)19)9-11(20-22)4-7-21-5-3-6-21/h9-10,13H,3-8H2,1-2H3,(H,24,25)/t13-/m0/s1. The molecule has 6 nitrogen and oxygen atoms in total. The van der Waals surface area contributed by atoms with Crippen LogP contribution in [-0.4, -0.2) is 45.4 Å². The van der Waals surface area contributed by atoms with Crippen molar-refractivity contribution in [2.75, 3.05) is 19.6 Å². The summed E-state index contributed by atoms with van der Waals surface area (Å²) in [5.41, 5.74) is -2.70. The highest BCUT2D eigenvalue weighted by Crippen LogP contribution is 2.27. The third kappa shape index (κ3) is 4.81. The normalized spacial score (nSPS) is 16.7. The maximum absolute atomic E-state index is 13.2. The smallest absolute Gasteiger partial charge is 0.421 e. The third-order valence-corrected chi connectivity index (χ3v) is 4.20. The number of carboxylic acid groups (broad SMARTS) is 1. The number of hydrogen-bond donors (Lipinski definition) is 1. The Bertz CT molecular complexity index is 681. The van der Waals surface area contributed by atoms with Gasteiger partial charge in [-0.15, -0.1) is 0 Å². The number of aromatic nitrogens is 2. The molecular weight excluding hydrogens is 339 g/mol. The fourth-order valence-electron chi connectivity index (χ4n) is 2.73. The highest BCUT2D eigenvalue weighted by molar-refractivity contribution is 5.71. The zero-order valence-corrected chi connectivity index (χ0v) is 14.2. The van der Waals surface area contributed by atoms with Gasteiger partial charge < -0.3 is 10.0 Å². The van der Waals surface area contributed by atoms with E-state index in [0.717, 1.165) is 25.6 Å². The first kappa shape index (κ1) is 19.4. The van der Waals surface area contributed by atoms with Gasteiger partial charge >= 0.3 is 12.1 Å². The van der Waals surface area contributed by atoms with E-state index >= 15 is 0 Å². The SMILES string of the molecule is CC(C)C[C@@H](C(=O)O)n1nc(CCN2CCC2)cc(C(F)(F)F)c1=O. The molecule has 0 spiro atoms. The molecule has 1 N–H and O–H groups in total. The number of nitrogens with zero attached hydrogens (tertiary/aromatic N) is 3. The zero-order valence-electron chi connectivity index (χ0n) is 14.2. The van der Waals surface area contributed by atoms with Crippen molar-refractivity contribution in [2.45, 2.75) is 45.3 Å². The summed E-state index contributed by atoms with van der Waals surface area (Å²) in [4.78, 5) is 25.8. The van der Waals surface area contributed by atoms with Crippen molar-refractivity contribution in [1.29, 1.82) is 0 Å². The van der Waals surface area contributed by atoms with E-state index in [1.165, 1.54) is 0 Å². The van der Waals surface area contributed by atoms with Crippen molar-refractivity contribution >= 4 is 5.97 Å². The first-order valence-electron chi connectivity index (χ1n) is 8.24. The van der Waals surface area contributed by atoms with E-state index in [4.69, 9.17) is 0 Å². The van der Waals surface area contributed by atoms with Crippen molar-refractivity contribution in [3.63, 3.8) is 0 Å². The molecule has 0 radical (unpaired) electrons. The average molecular weight is 361 g/mol. The number of hydrogen-bond acceptors (Lipinski definition) is 4. The van der Waals surface area contributed by atoms with E-state index in [9.17, 15) is 27.9 Å². The maximum Gasteiger partial charge on any atom is 0.421 e. The van der Waals surface area contributed by atoms with Crippen LogP contribution in [-0.2, 0) is 17.4 Å². The minimum absolute atomic E-state index is 0.0229. The zero-order chi connectivity index (χ0) is 18.8. The van der Waals surface area contributed by atoms with Gasteiger partial charge in [-0.05, 0) is 37.9 Å². The van der Waals surface area contributed by atoms with E-state index in [1.807, 2.05) is 0 Å². The topological polar surface area (TPSA) is 75.4 Å². The molecule has 1 aromatic heterocycles. The maximum atomic E-state index is 13.2. The summed E-state index contributed by atoms with van der Waals surface area (Å²) < 4.78 is 40.1. The molecule has 25 heavy (non-hydrogen) atoms. The molecule has 1 aliphatic heterocycles. The van der Waals surface area contributed by atoms with Crippen molar-refractivity contribution in [3.05, 3.63) is 27.7 Å². The van der Waals surface area contributed by atoms with Gasteiger partial charge in [-0.2, -0.15) is 18.3 Å². The van der Waals surface area contributed by atoms with Gasteiger partial charge in [0.15, 0.2) is 6.04 Å². The number of carbonyl (C=O) groups is 1. The largest absolute Gasteiger partial charge is 0.480 e. The van der Waals surface area contributed by atoms with Crippen molar-refractivity contribution in [1.82, 2.24) is 14.7 Å². The fourth-order valence-corrected chi connectivity index (χ4v) is 2.73. The van der Waals surface area contributed by atoms with Crippen molar-refractivity contribution < 1.29 is 23.1 Å². The Hall–Kier alpha value is -1.90. The number of carboxylic acids is 1. The highest BCUT2D eigenvalue weighted by atomic mass is 19.4. The van der Waals surface area contributed by atoms with Crippen LogP contribution in [0.3, 0.4) is 0 Å². The fraction of sp³-hybridized carbons (Fsp3) is 0.688. The quantitative estimate of drug-likeness (QED) is 0.806. The molecule has 0 aliphatic carbocycles. The van der Waals surface area contributed by atoms with Crippen molar-refractivity contribution in [2.24, 2.45) is 5.92 Å². The monoisotopic (exact) mass is 361 g/mol. The molecule has 140 valence electrons. The summed E-state index contributed by atoms with van der Waals surface area (Å²) in [5.74, 6) is -1.48. The van der Waals surface area contributed by atoms with Crippen LogP contribution in [0.1, 0.15) is 44.0 Å². The van der Waals surface area contributed by atoms with Crippen LogP contribution in [0.15, 0.2) is 10.9 Å². The Kier molecular flexibility index (Phi) is 5.87. The van der Waals surface area contributed by atoms with E-state index in [-0.39, 0.29) is 24.5 Å². The van der Waals surface area contributed by atoms with Crippen molar-refractivity contribution in [3.8, 4) is 0 Å². The predicted octanol–water partition coefficient (Wildman–Crippen LogP) is 2.18. The van der Waals surface area contributed by atoms with Gasteiger partial charge in [0.25, 0.3) is 5.56 Å². The molecule has 9 heteroatoms. The molecule has 2 heterocycles. The summed E-state index contributed by atoms with van der Waals surface area (Å²) in [6, 6.07) is -0.676. The molecule has 0 saturated carbocycles. The molecule has 1 atom stereocenters. The van der Waals surface area contributed by atoms with Crippen LogP contribution in [0.5, 0.6) is 0 Å². The summed E-state index contributed by atoms with van der Waals surface area (Å²) in [7, 11) is 0. The Morgan fingerprint density at radius 2 is 2.00 bits per heavy atom. The van der Waals surface area contributed by atoms with Crippen LogP contribution in [0, 0.1) is 5.92 Å². The van der Waals surface area contributed by atoms with E-state index in [0.29, 0.717) is 11.2 Å². The number of aliphatic carboxylic acids is 1. The number of alkyl halides is 3. The summed E-state index contributed by atoms with van der Waals surface area (Å²) in [6.07, 6.45) is -3.54. The lowest BCUT2D eigenvalue weighted by molar-refractivity contribution is -0.144. The lowest BCUT2D eigenvalue weighted by atomic mass is 10.0. The van der Waals surface area contributed by atoms with Crippen LogP contribution in [0.4, 0.5) is 13.2 Å². The van der Waals surface area contributed by atoms with Gasteiger partial charge in [0, 0.05) is 13.0 Å². The van der Waals surface area contributed by atoms with Gasteiger partial charge in [-0.3, -0.25) is 4.79 Å². The van der Waals surface area contributed by atoms with E-state index in [2.05, 4.69) is 10.00 Å². The molecule has 1 saturated heterocycles. The molecule has 1 fully saturated rings. The molecule has 0 amide bonds. The van der Waals surface area contributed by atoms with Crippen LogP contribution >= 0.6 is 0 Å². The molecule has 1 aromatic rings. The molecular formula is C16H22F3N3O3. The molecule has 2 rings (SSSR count). The first-order valence-corrected chi connectivity index (χ1v) is 8.24. The number of likely N-dealkylation sites (tertiary alicyclic amines) is 1. The van der Waals surface area contributed by atoms with Crippen LogP contribution in [0.25, 0.3) is 0 Å². The minimum atomic E-state index is -4.85. The van der Waals surface area contributed by atoms with Gasteiger partial charge in [-0.1, -0.05) is 13.8 Å². The Balaban J connectivity index is 2.44. The van der Waals surface area contributed by atoms with Gasteiger partial charge in [0.1, 0.15) is 5.56 Å². The molecule has 0 bridgehead atoms. The van der Waals surface area contributed by atoms with Crippen LogP contribution in [0.2, 0.25) is 0 Å². The third-order valence-electron chi connectivity index (χ3n) is 4.20. The predicted molar refractivity (Wildman–Crippen MR) is 84.4 cm³/mol. The van der Waals surface area contributed by atoms with E-state index in [1.54, 1.807) is 13.8 Å². The van der Waals surface area contributed by atoms with Crippen LogP contribution < -0.4 is 5.56 Å². The summed E-state index contributed by atoms with van der Waals surface area (Å²) in [6.45, 7) is 5.77. The Morgan fingerprint density at radius 1 is 1.36 bits per heavy atom.